The van der Waals surface area contributed by atoms with E-state index in [1.54, 1.807) is 7.11 Å². The van der Waals surface area contributed by atoms with E-state index in [1.165, 1.54) is 22.2 Å². The number of nitrogens with one attached hydrogen (secondary N) is 1. The van der Waals surface area contributed by atoms with E-state index >= 15 is 0 Å². The van der Waals surface area contributed by atoms with Crippen LogP contribution in [0.4, 0.5) is 5.13 Å². The molecule has 31 heavy (non-hydrogen) atoms. The molecule has 1 aliphatic heterocycles. The van der Waals surface area contributed by atoms with Crippen LogP contribution in [0.2, 0.25) is 0 Å². The van der Waals surface area contributed by atoms with Crippen LogP contribution in [0.5, 0.6) is 5.75 Å². The number of anilines is 1. The third-order valence-electron chi connectivity index (χ3n) is 5.43. The van der Waals surface area contributed by atoms with Gasteiger partial charge in [-0.25, -0.2) is 4.98 Å². The molecule has 1 amide bonds. The predicted octanol–water partition coefficient (Wildman–Crippen LogP) is 1.32. The van der Waals surface area contributed by atoms with Gasteiger partial charge in [0.15, 0.2) is 10.8 Å². The third-order valence-corrected chi connectivity index (χ3v) is 6.52. The van der Waals surface area contributed by atoms with Crippen LogP contribution < -0.4 is 20.5 Å². The number of fused-ring (bicyclic) bond motifs is 1. The predicted molar refractivity (Wildman–Crippen MR) is 121 cm³/mol. The Labute approximate surface area is 184 Å². The molecular formula is C21H26N6O3S. The maximum absolute atomic E-state index is 12.9. The number of rotatable bonds is 7. The van der Waals surface area contributed by atoms with E-state index in [0.29, 0.717) is 16.9 Å². The Kier molecular flexibility index (Phi) is 6.47. The van der Waals surface area contributed by atoms with Crippen LogP contribution >= 0.6 is 11.3 Å². The van der Waals surface area contributed by atoms with Crippen molar-refractivity contribution in [3.05, 3.63) is 46.5 Å². The summed E-state index contributed by atoms with van der Waals surface area (Å²) in [5.41, 5.74) is 1.16. The zero-order chi connectivity index (χ0) is 21.8. The minimum Gasteiger partial charge on any atom is -0.497 e. The molecule has 0 spiro atoms. The van der Waals surface area contributed by atoms with Gasteiger partial charge < -0.3 is 19.9 Å². The van der Waals surface area contributed by atoms with Crippen LogP contribution in [0, 0.1) is 0 Å². The topological polar surface area (TPSA) is 92.6 Å². The van der Waals surface area contributed by atoms with Crippen LogP contribution in [0.3, 0.4) is 0 Å². The van der Waals surface area contributed by atoms with Gasteiger partial charge in [0.25, 0.3) is 5.56 Å². The number of ether oxygens (including phenoxy) is 1. The van der Waals surface area contributed by atoms with Gasteiger partial charge in [-0.15, -0.1) is 0 Å². The molecule has 0 saturated carbocycles. The van der Waals surface area contributed by atoms with E-state index in [0.717, 1.165) is 49.2 Å². The van der Waals surface area contributed by atoms with Crippen LogP contribution in [0.1, 0.15) is 12.5 Å². The molecule has 0 bridgehead atoms. The van der Waals surface area contributed by atoms with Crippen molar-refractivity contribution in [2.45, 2.75) is 20.0 Å². The summed E-state index contributed by atoms with van der Waals surface area (Å²) in [6.45, 7) is 7.23. The molecule has 1 aliphatic rings. The van der Waals surface area contributed by atoms with Crippen molar-refractivity contribution in [1.82, 2.24) is 24.8 Å². The van der Waals surface area contributed by atoms with Crippen molar-refractivity contribution >= 4 is 32.7 Å². The minimum atomic E-state index is -0.250. The Morgan fingerprint density at radius 2 is 1.94 bits per heavy atom. The monoisotopic (exact) mass is 442 g/mol. The highest BCUT2D eigenvalue weighted by Gasteiger charge is 2.20. The standard InChI is InChI=1S/C21H26N6O3S/c1-3-25-8-10-26(11-9-25)21-24-19-18(31-21)20(29)27(14-23-19)13-17(28)22-12-15-4-6-16(30-2)7-5-15/h4-7,14H,3,8-13H2,1-2H3,(H,22,28). The number of likely N-dealkylation sites (N-methyl/N-ethyl adjacent to an activating group) is 1. The van der Waals surface area contributed by atoms with Crippen LogP contribution in [-0.2, 0) is 17.9 Å². The molecule has 9 nitrogen and oxygen atoms in total. The number of aromatic nitrogens is 3. The zero-order valence-corrected chi connectivity index (χ0v) is 18.5. The fraction of sp³-hybridized carbons (Fsp3) is 0.429. The highest BCUT2D eigenvalue weighted by molar-refractivity contribution is 7.22. The summed E-state index contributed by atoms with van der Waals surface area (Å²) in [5.74, 6) is 0.511. The van der Waals surface area contributed by atoms with Crippen LogP contribution in [0.15, 0.2) is 35.4 Å². The van der Waals surface area contributed by atoms with Gasteiger partial charge in [0, 0.05) is 32.7 Å². The van der Waals surface area contributed by atoms with E-state index in [9.17, 15) is 9.59 Å². The number of hydrogen-bond donors (Lipinski definition) is 1. The Bertz CT molecular complexity index is 1100. The normalized spacial score (nSPS) is 14.7. The fourth-order valence-electron chi connectivity index (χ4n) is 3.49. The van der Waals surface area contributed by atoms with E-state index in [4.69, 9.17) is 4.74 Å². The summed E-state index contributed by atoms with van der Waals surface area (Å²) in [6.07, 6.45) is 1.40. The lowest BCUT2D eigenvalue weighted by Crippen LogP contribution is -2.46. The largest absolute Gasteiger partial charge is 0.497 e. The van der Waals surface area contributed by atoms with Gasteiger partial charge in [-0.3, -0.25) is 14.2 Å². The molecule has 1 aromatic carbocycles. The van der Waals surface area contributed by atoms with E-state index in [2.05, 4.69) is 32.0 Å². The summed E-state index contributed by atoms with van der Waals surface area (Å²) in [6, 6.07) is 7.46. The lowest BCUT2D eigenvalue weighted by atomic mass is 10.2. The van der Waals surface area contributed by atoms with E-state index in [1.807, 2.05) is 24.3 Å². The Hall–Kier alpha value is -2.98. The first kappa shape index (κ1) is 21.3. The second-order valence-electron chi connectivity index (χ2n) is 7.37. The summed E-state index contributed by atoms with van der Waals surface area (Å²) in [7, 11) is 1.61. The number of amides is 1. The number of hydrogen-bond acceptors (Lipinski definition) is 8. The second-order valence-corrected chi connectivity index (χ2v) is 8.35. The molecule has 1 saturated heterocycles. The van der Waals surface area contributed by atoms with Crippen LogP contribution in [-0.4, -0.2) is 65.2 Å². The first-order chi connectivity index (χ1) is 15.1. The number of piperazine rings is 1. The molecule has 164 valence electrons. The molecule has 0 radical (unpaired) electrons. The van der Waals surface area contributed by atoms with Crippen molar-refractivity contribution in [2.24, 2.45) is 0 Å². The zero-order valence-electron chi connectivity index (χ0n) is 17.7. The molecule has 1 N–H and O–H groups in total. The quantitative estimate of drug-likeness (QED) is 0.590. The molecular weight excluding hydrogens is 416 g/mol. The number of nitrogens with zero attached hydrogens (tertiary/aromatic N) is 5. The first-order valence-corrected chi connectivity index (χ1v) is 11.1. The second kappa shape index (κ2) is 9.44. The lowest BCUT2D eigenvalue weighted by molar-refractivity contribution is -0.121. The van der Waals surface area contributed by atoms with Crippen molar-refractivity contribution in [1.29, 1.82) is 0 Å². The lowest BCUT2D eigenvalue weighted by Gasteiger charge is -2.33. The summed E-state index contributed by atoms with van der Waals surface area (Å²) in [5, 5.41) is 3.65. The maximum Gasteiger partial charge on any atom is 0.273 e. The first-order valence-electron chi connectivity index (χ1n) is 10.3. The Morgan fingerprint density at radius 1 is 1.19 bits per heavy atom. The number of thiazole rings is 1. The summed E-state index contributed by atoms with van der Waals surface area (Å²) >= 11 is 1.35. The molecule has 1 fully saturated rings. The number of methoxy groups -OCH3 is 1. The highest BCUT2D eigenvalue weighted by atomic mass is 32.1. The van der Waals surface area contributed by atoms with Gasteiger partial charge in [0.2, 0.25) is 5.91 Å². The smallest absolute Gasteiger partial charge is 0.273 e. The Balaban J connectivity index is 1.41. The number of benzene rings is 1. The fourth-order valence-corrected chi connectivity index (χ4v) is 4.51. The Morgan fingerprint density at radius 3 is 2.61 bits per heavy atom. The van der Waals surface area contributed by atoms with Crippen molar-refractivity contribution in [3.8, 4) is 5.75 Å². The van der Waals surface area contributed by atoms with Gasteiger partial charge in [-0.1, -0.05) is 30.4 Å². The molecule has 0 aliphatic carbocycles. The minimum absolute atomic E-state index is 0.0830. The molecule has 0 atom stereocenters. The average molecular weight is 443 g/mol. The van der Waals surface area contributed by atoms with Crippen molar-refractivity contribution in [2.75, 3.05) is 44.7 Å². The van der Waals surface area contributed by atoms with Gasteiger partial charge in [-0.05, 0) is 24.2 Å². The third kappa shape index (κ3) is 4.86. The molecule has 10 heteroatoms. The van der Waals surface area contributed by atoms with Crippen molar-refractivity contribution < 1.29 is 9.53 Å². The van der Waals surface area contributed by atoms with Gasteiger partial charge in [0.1, 0.15) is 23.3 Å². The van der Waals surface area contributed by atoms with Gasteiger partial charge in [0.05, 0.1) is 7.11 Å². The van der Waals surface area contributed by atoms with Gasteiger partial charge in [-0.2, -0.15) is 4.98 Å². The molecule has 2 aromatic heterocycles. The molecule has 3 heterocycles. The molecule has 3 aromatic rings. The summed E-state index contributed by atoms with van der Waals surface area (Å²) in [4.78, 5) is 38.7. The number of carbonyl (C=O) groups is 1. The van der Waals surface area contributed by atoms with Crippen molar-refractivity contribution in [3.63, 3.8) is 0 Å². The summed E-state index contributed by atoms with van der Waals surface area (Å²) < 4.78 is 6.95. The highest BCUT2D eigenvalue weighted by Crippen LogP contribution is 2.26. The average Bonchev–Trinajstić information content (AvgIpc) is 3.25. The number of carbonyl (C=O) groups excluding carboxylic acids is 1. The van der Waals surface area contributed by atoms with Gasteiger partial charge >= 0.3 is 0 Å². The van der Waals surface area contributed by atoms with E-state index < -0.39 is 0 Å². The molecule has 4 rings (SSSR count). The SMILES string of the molecule is CCN1CCN(c2nc3ncn(CC(=O)NCc4ccc(OC)cc4)c(=O)c3s2)CC1. The van der Waals surface area contributed by atoms with E-state index in [-0.39, 0.29) is 18.0 Å². The maximum atomic E-state index is 12.9. The molecule has 0 unspecified atom stereocenters. The van der Waals surface area contributed by atoms with Crippen LogP contribution in [0.25, 0.3) is 10.3 Å².